The Labute approximate surface area is 105 Å². The molecule has 0 saturated carbocycles. The highest BCUT2D eigenvalue weighted by molar-refractivity contribution is 5.56. The van der Waals surface area contributed by atoms with Gasteiger partial charge in [-0.3, -0.25) is 10.1 Å². The van der Waals surface area contributed by atoms with Crippen LogP contribution in [0.25, 0.3) is 0 Å². The lowest BCUT2D eigenvalue weighted by molar-refractivity contribution is -0.384. The van der Waals surface area contributed by atoms with E-state index >= 15 is 0 Å². The van der Waals surface area contributed by atoms with Gasteiger partial charge in [0.15, 0.2) is 0 Å². The summed E-state index contributed by atoms with van der Waals surface area (Å²) in [4.78, 5) is 18.2. The summed E-state index contributed by atoms with van der Waals surface area (Å²) in [6, 6.07) is 0. The Morgan fingerprint density at radius 3 is 2.83 bits per heavy atom. The maximum absolute atomic E-state index is 10.8. The molecule has 0 amide bonds. The molecule has 100 valence electrons. The molecule has 0 unspecified atom stereocenters. The fourth-order valence-corrected chi connectivity index (χ4v) is 1.33. The molecule has 0 aliphatic heterocycles. The van der Waals surface area contributed by atoms with Crippen molar-refractivity contribution in [2.45, 2.75) is 19.8 Å². The lowest BCUT2D eigenvalue weighted by Gasteiger charge is -2.07. The first-order chi connectivity index (χ1) is 8.69. The second-order valence-electron chi connectivity index (χ2n) is 3.57. The largest absolute Gasteiger partial charge is 0.396 e. The number of nitro groups is 1. The summed E-state index contributed by atoms with van der Waals surface area (Å²) in [5.41, 5.74) is -0.152. The number of rotatable bonds is 8. The molecule has 0 spiro atoms. The minimum atomic E-state index is -0.524. The molecule has 0 fully saturated rings. The van der Waals surface area contributed by atoms with Crippen LogP contribution in [0.2, 0.25) is 0 Å². The standard InChI is InChI=1S/C10H17N5O3/c1-2-11-10-13-7-8(15(17)18)9(14-10)12-5-3-4-6-16/h7,16H,2-6H2,1H3,(H2,11,12,13,14). The topological polar surface area (TPSA) is 113 Å². The highest BCUT2D eigenvalue weighted by Crippen LogP contribution is 2.21. The first kappa shape index (κ1) is 14.1. The number of nitrogens with zero attached hydrogens (tertiary/aromatic N) is 3. The summed E-state index contributed by atoms with van der Waals surface area (Å²) in [7, 11) is 0. The SMILES string of the molecule is CCNc1ncc([N+](=O)[O-])c(NCCCCO)n1. The minimum absolute atomic E-state index is 0.107. The predicted molar refractivity (Wildman–Crippen MR) is 67.7 cm³/mol. The zero-order valence-corrected chi connectivity index (χ0v) is 10.2. The van der Waals surface area contributed by atoms with Crippen LogP contribution in [0.15, 0.2) is 6.20 Å². The molecule has 0 aliphatic rings. The molecule has 8 heteroatoms. The van der Waals surface area contributed by atoms with Crippen LogP contribution in [0.4, 0.5) is 17.5 Å². The Bertz CT molecular complexity index is 399. The van der Waals surface area contributed by atoms with Crippen molar-refractivity contribution in [2.24, 2.45) is 0 Å². The average molecular weight is 255 g/mol. The third-order valence-electron chi connectivity index (χ3n) is 2.18. The number of nitrogens with one attached hydrogen (secondary N) is 2. The number of anilines is 2. The van der Waals surface area contributed by atoms with Crippen LogP contribution in [0.3, 0.4) is 0 Å². The molecule has 0 bridgehead atoms. The number of aromatic nitrogens is 2. The van der Waals surface area contributed by atoms with Gasteiger partial charge in [0.1, 0.15) is 6.20 Å². The Hall–Kier alpha value is -1.96. The van der Waals surface area contributed by atoms with Gasteiger partial charge in [-0.15, -0.1) is 0 Å². The lowest BCUT2D eigenvalue weighted by Crippen LogP contribution is -2.10. The van der Waals surface area contributed by atoms with Crippen molar-refractivity contribution in [3.8, 4) is 0 Å². The van der Waals surface area contributed by atoms with Crippen LogP contribution in [-0.2, 0) is 0 Å². The van der Waals surface area contributed by atoms with E-state index in [1.807, 2.05) is 6.92 Å². The summed E-state index contributed by atoms with van der Waals surface area (Å²) >= 11 is 0. The molecule has 18 heavy (non-hydrogen) atoms. The van der Waals surface area contributed by atoms with Crippen LogP contribution >= 0.6 is 0 Å². The van der Waals surface area contributed by atoms with Crippen LogP contribution in [0.5, 0.6) is 0 Å². The second-order valence-corrected chi connectivity index (χ2v) is 3.57. The van der Waals surface area contributed by atoms with Crippen LogP contribution in [0, 0.1) is 10.1 Å². The number of aliphatic hydroxyl groups is 1. The molecule has 1 aromatic heterocycles. The van der Waals surface area contributed by atoms with Crippen molar-refractivity contribution in [3.05, 3.63) is 16.3 Å². The highest BCUT2D eigenvalue weighted by atomic mass is 16.6. The third-order valence-corrected chi connectivity index (χ3v) is 2.18. The van der Waals surface area contributed by atoms with E-state index in [9.17, 15) is 10.1 Å². The third kappa shape index (κ3) is 4.13. The normalized spacial score (nSPS) is 10.1. The summed E-state index contributed by atoms with van der Waals surface area (Å²) in [6.45, 7) is 3.15. The van der Waals surface area contributed by atoms with Gasteiger partial charge in [0.05, 0.1) is 4.92 Å². The van der Waals surface area contributed by atoms with E-state index in [0.29, 0.717) is 31.9 Å². The van der Waals surface area contributed by atoms with Gasteiger partial charge in [-0.25, -0.2) is 4.98 Å². The fraction of sp³-hybridized carbons (Fsp3) is 0.600. The van der Waals surface area contributed by atoms with Gasteiger partial charge in [-0.2, -0.15) is 4.98 Å². The van der Waals surface area contributed by atoms with Gasteiger partial charge in [0.2, 0.25) is 11.8 Å². The van der Waals surface area contributed by atoms with Crippen molar-refractivity contribution in [1.29, 1.82) is 0 Å². The summed E-state index contributed by atoms with van der Waals surface area (Å²) in [5.74, 6) is 0.552. The maximum atomic E-state index is 10.8. The molecule has 3 N–H and O–H groups in total. The first-order valence-electron chi connectivity index (χ1n) is 5.79. The van der Waals surface area contributed by atoms with Gasteiger partial charge in [-0.05, 0) is 19.8 Å². The van der Waals surface area contributed by atoms with Crippen LogP contribution < -0.4 is 10.6 Å². The van der Waals surface area contributed by atoms with Crippen molar-refractivity contribution < 1.29 is 10.0 Å². The van der Waals surface area contributed by atoms with E-state index < -0.39 is 4.92 Å². The fourth-order valence-electron chi connectivity index (χ4n) is 1.33. The second kappa shape index (κ2) is 7.38. The molecule has 8 nitrogen and oxygen atoms in total. The van der Waals surface area contributed by atoms with Gasteiger partial charge in [0, 0.05) is 19.7 Å². The number of aliphatic hydroxyl groups excluding tert-OH is 1. The summed E-state index contributed by atoms with van der Waals surface area (Å²) < 4.78 is 0. The molecule has 0 radical (unpaired) electrons. The molecule has 0 saturated heterocycles. The van der Waals surface area contributed by atoms with Gasteiger partial charge >= 0.3 is 5.69 Å². The maximum Gasteiger partial charge on any atom is 0.329 e. The Kier molecular flexibility index (Phi) is 5.78. The van der Waals surface area contributed by atoms with E-state index in [1.165, 1.54) is 6.20 Å². The smallest absolute Gasteiger partial charge is 0.329 e. The van der Waals surface area contributed by atoms with E-state index in [2.05, 4.69) is 20.6 Å². The van der Waals surface area contributed by atoms with Gasteiger partial charge in [0.25, 0.3) is 0 Å². The first-order valence-corrected chi connectivity index (χ1v) is 5.79. The average Bonchev–Trinajstić information content (AvgIpc) is 2.35. The van der Waals surface area contributed by atoms with Crippen molar-refractivity contribution in [3.63, 3.8) is 0 Å². The van der Waals surface area contributed by atoms with E-state index in [-0.39, 0.29) is 18.1 Å². The Balaban J connectivity index is 2.76. The Morgan fingerprint density at radius 1 is 1.44 bits per heavy atom. The molecule has 0 aliphatic carbocycles. The zero-order valence-electron chi connectivity index (χ0n) is 10.2. The van der Waals surface area contributed by atoms with Crippen molar-refractivity contribution in [1.82, 2.24) is 9.97 Å². The zero-order chi connectivity index (χ0) is 13.4. The van der Waals surface area contributed by atoms with Gasteiger partial charge in [-0.1, -0.05) is 0 Å². The molecular weight excluding hydrogens is 238 g/mol. The monoisotopic (exact) mass is 255 g/mol. The Morgan fingerprint density at radius 2 is 2.22 bits per heavy atom. The lowest BCUT2D eigenvalue weighted by atomic mass is 10.3. The number of hydrogen-bond acceptors (Lipinski definition) is 7. The van der Waals surface area contributed by atoms with E-state index in [0.717, 1.165) is 0 Å². The predicted octanol–water partition coefficient (Wildman–Crippen LogP) is 1.00. The molecule has 0 atom stereocenters. The molecule has 0 aromatic carbocycles. The molecule has 1 heterocycles. The van der Waals surface area contributed by atoms with Crippen molar-refractivity contribution in [2.75, 3.05) is 30.3 Å². The summed E-state index contributed by atoms with van der Waals surface area (Å²) in [5, 5.41) is 25.2. The molecule has 1 rings (SSSR count). The van der Waals surface area contributed by atoms with Crippen LogP contribution in [-0.4, -0.2) is 39.7 Å². The highest BCUT2D eigenvalue weighted by Gasteiger charge is 2.16. The van der Waals surface area contributed by atoms with Crippen LogP contribution in [0.1, 0.15) is 19.8 Å². The minimum Gasteiger partial charge on any atom is -0.396 e. The van der Waals surface area contributed by atoms with E-state index in [1.54, 1.807) is 0 Å². The van der Waals surface area contributed by atoms with E-state index in [4.69, 9.17) is 5.11 Å². The summed E-state index contributed by atoms with van der Waals surface area (Å²) in [6.07, 6.45) is 2.54. The quantitative estimate of drug-likeness (QED) is 0.360. The molecular formula is C10H17N5O3. The molecule has 1 aromatic rings. The van der Waals surface area contributed by atoms with Gasteiger partial charge < -0.3 is 15.7 Å². The van der Waals surface area contributed by atoms with Crippen molar-refractivity contribution >= 4 is 17.5 Å². The number of hydrogen-bond donors (Lipinski definition) is 3. The number of unbranched alkanes of at least 4 members (excludes halogenated alkanes) is 1.